The number of carboxylic acid groups (broad SMARTS) is 1. The molecule has 7 heteroatoms. The predicted molar refractivity (Wildman–Crippen MR) is 65.4 cm³/mol. The molecule has 0 saturated carbocycles. The van der Waals surface area contributed by atoms with E-state index in [1.165, 1.54) is 6.07 Å². The fourth-order valence-electron chi connectivity index (χ4n) is 1.63. The van der Waals surface area contributed by atoms with Crippen molar-refractivity contribution >= 4 is 11.9 Å². The highest BCUT2D eigenvalue weighted by atomic mass is 19.4. The Bertz CT molecular complexity index is 486. The highest BCUT2D eigenvalue weighted by Gasteiger charge is 2.27. The summed E-state index contributed by atoms with van der Waals surface area (Å²) in [7, 11) is 0. The first-order chi connectivity index (χ1) is 9.29. The molecule has 1 rings (SSSR count). The molecule has 20 heavy (non-hydrogen) atoms. The maximum absolute atomic E-state index is 11.9. The normalized spacial score (nSPS) is 11.2. The molecule has 0 fully saturated rings. The molecular formula is C13H14F3NO3. The van der Waals surface area contributed by atoms with Crippen LogP contribution in [0.3, 0.4) is 0 Å². The van der Waals surface area contributed by atoms with Crippen LogP contribution in [0.5, 0.6) is 0 Å². The zero-order valence-corrected chi connectivity index (χ0v) is 10.5. The minimum absolute atomic E-state index is 0.0982. The third-order valence-electron chi connectivity index (χ3n) is 2.60. The third-order valence-corrected chi connectivity index (χ3v) is 2.60. The summed E-state index contributed by atoms with van der Waals surface area (Å²) in [5, 5.41) is 11.3. The van der Waals surface area contributed by atoms with Crippen LogP contribution in [0.15, 0.2) is 24.3 Å². The lowest BCUT2D eigenvalue weighted by molar-refractivity contribution is -0.144. The smallest absolute Gasteiger partial charge is 0.389 e. The number of hydrogen-bond donors (Lipinski definition) is 2. The lowest BCUT2D eigenvalue weighted by Crippen LogP contribution is -2.27. The van der Waals surface area contributed by atoms with Gasteiger partial charge in [0, 0.05) is 13.0 Å². The second-order valence-corrected chi connectivity index (χ2v) is 4.18. The van der Waals surface area contributed by atoms with Crippen molar-refractivity contribution in [2.24, 2.45) is 0 Å². The highest BCUT2D eigenvalue weighted by molar-refractivity contribution is 5.89. The van der Waals surface area contributed by atoms with Gasteiger partial charge in [0.1, 0.15) is 0 Å². The van der Waals surface area contributed by atoms with Crippen molar-refractivity contribution in [1.29, 1.82) is 0 Å². The Kier molecular flexibility index (Phi) is 5.54. The number of carbonyl (C=O) groups excluding carboxylic acids is 1. The Balaban J connectivity index is 2.41. The van der Waals surface area contributed by atoms with Crippen LogP contribution in [0.25, 0.3) is 0 Å². The van der Waals surface area contributed by atoms with Crippen molar-refractivity contribution < 1.29 is 27.9 Å². The summed E-state index contributed by atoms with van der Waals surface area (Å²) in [6, 6.07) is 6.27. The molecule has 0 aliphatic heterocycles. The van der Waals surface area contributed by atoms with E-state index in [4.69, 9.17) is 5.11 Å². The van der Waals surface area contributed by atoms with Gasteiger partial charge in [-0.05, 0) is 18.1 Å². The van der Waals surface area contributed by atoms with Crippen molar-refractivity contribution in [3.05, 3.63) is 35.4 Å². The van der Waals surface area contributed by atoms with Gasteiger partial charge in [-0.2, -0.15) is 13.2 Å². The second kappa shape index (κ2) is 6.93. The van der Waals surface area contributed by atoms with Crippen molar-refractivity contribution in [2.45, 2.75) is 25.4 Å². The summed E-state index contributed by atoms with van der Waals surface area (Å²) < 4.78 is 35.7. The van der Waals surface area contributed by atoms with Crippen molar-refractivity contribution in [3.63, 3.8) is 0 Å². The summed E-state index contributed by atoms with van der Waals surface area (Å²) in [5.74, 6) is -1.78. The maximum atomic E-state index is 11.9. The number of aromatic carboxylic acids is 1. The van der Waals surface area contributed by atoms with Crippen molar-refractivity contribution in [1.82, 2.24) is 5.32 Å². The molecule has 1 aromatic rings. The SMILES string of the molecule is O=C(CCC(F)(F)F)NCCc1ccccc1C(=O)O. The Morgan fingerprint density at radius 1 is 1.20 bits per heavy atom. The number of hydrogen-bond acceptors (Lipinski definition) is 2. The number of benzene rings is 1. The predicted octanol–water partition coefficient (Wildman–Crippen LogP) is 2.39. The molecule has 0 bridgehead atoms. The number of halogens is 3. The first-order valence-electron chi connectivity index (χ1n) is 5.94. The van der Waals surface area contributed by atoms with Gasteiger partial charge in [0.2, 0.25) is 5.91 Å². The zero-order chi connectivity index (χ0) is 15.2. The molecule has 110 valence electrons. The van der Waals surface area contributed by atoms with Crippen LogP contribution in [-0.2, 0) is 11.2 Å². The average Bonchev–Trinajstić information content (AvgIpc) is 2.36. The molecule has 0 aromatic heterocycles. The summed E-state index contributed by atoms with van der Waals surface area (Å²) in [4.78, 5) is 22.1. The topological polar surface area (TPSA) is 66.4 Å². The van der Waals surface area contributed by atoms with Crippen LogP contribution in [0.2, 0.25) is 0 Å². The molecule has 0 atom stereocenters. The van der Waals surface area contributed by atoms with Gasteiger partial charge in [0.15, 0.2) is 0 Å². The van der Waals surface area contributed by atoms with Crippen molar-refractivity contribution in [2.75, 3.05) is 6.54 Å². The van der Waals surface area contributed by atoms with Gasteiger partial charge < -0.3 is 10.4 Å². The Morgan fingerprint density at radius 3 is 2.45 bits per heavy atom. The monoisotopic (exact) mass is 289 g/mol. The van der Waals surface area contributed by atoms with E-state index in [1.54, 1.807) is 18.2 Å². The van der Waals surface area contributed by atoms with Gasteiger partial charge in [0.05, 0.1) is 12.0 Å². The minimum atomic E-state index is -4.35. The Hall–Kier alpha value is -2.05. The van der Waals surface area contributed by atoms with Gasteiger partial charge in [0.25, 0.3) is 0 Å². The van der Waals surface area contributed by atoms with E-state index in [1.807, 2.05) is 0 Å². The standard InChI is InChI=1S/C13H14F3NO3/c14-13(15,16)7-5-11(18)17-8-6-9-3-1-2-4-10(9)12(19)20/h1-4H,5-8H2,(H,17,18)(H,19,20). The highest BCUT2D eigenvalue weighted by Crippen LogP contribution is 2.20. The number of amides is 1. The quantitative estimate of drug-likeness (QED) is 0.845. The molecule has 0 aliphatic rings. The van der Waals surface area contributed by atoms with Gasteiger partial charge in [-0.25, -0.2) is 4.79 Å². The van der Waals surface area contributed by atoms with Gasteiger partial charge in [-0.1, -0.05) is 18.2 Å². The molecule has 1 aromatic carbocycles. The number of carbonyl (C=O) groups is 2. The number of alkyl halides is 3. The molecule has 0 radical (unpaired) electrons. The van der Waals surface area contributed by atoms with E-state index < -0.39 is 30.9 Å². The van der Waals surface area contributed by atoms with Crippen LogP contribution >= 0.6 is 0 Å². The second-order valence-electron chi connectivity index (χ2n) is 4.18. The summed E-state index contributed by atoms with van der Waals surface area (Å²) in [6.07, 6.45) is -5.89. The molecule has 0 unspecified atom stereocenters. The van der Waals surface area contributed by atoms with Gasteiger partial charge >= 0.3 is 12.1 Å². The molecule has 0 aliphatic carbocycles. The average molecular weight is 289 g/mol. The Labute approximate surface area is 113 Å². The first-order valence-corrected chi connectivity index (χ1v) is 5.94. The van der Waals surface area contributed by atoms with E-state index in [-0.39, 0.29) is 18.5 Å². The van der Waals surface area contributed by atoms with Crippen LogP contribution in [0.1, 0.15) is 28.8 Å². The molecule has 0 heterocycles. The fraction of sp³-hybridized carbons (Fsp3) is 0.385. The Morgan fingerprint density at radius 2 is 1.85 bits per heavy atom. The first kappa shape index (κ1) is 16.0. The third kappa shape index (κ3) is 5.73. The lowest BCUT2D eigenvalue weighted by Gasteiger charge is -2.08. The van der Waals surface area contributed by atoms with Gasteiger partial charge in [-0.3, -0.25) is 4.79 Å². The summed E-state index contributed by atoms with van der Waals surface area (Å²) >= 11 is 0. The van der Waals surface area contributed by atoms with E-state index in [9.17, 15) is 22.8 Å². The largest absolute Gasteiger partial charge is 0.478 e. The molecule has 1 amide bonds. The maximum Gasteiger partial charge on any atom is 0.389 e. The molecular weight excluding hydrogens is 275 g/mol. The number of nitrogens with one attached hydrogen (secondary N) is 1. The number of carboxylic acids is 1. The van der Waals surface area contributed by atoms with Crippen LogP contribution < -0.4 is 5.32 Å². The lowest BCUT2D eigenvalue weighted by atomic mass is 10.0. The molecule has 0 saturated heterocycles. The zero-order valence-electron chi connectivity index (χ0n) is 10.5. The fourth-order valence-corrected chi connectivity index (χ4v) is 1.63. The van der Waals surface area contributed by atoms with Crippen LogP contribution in [0, 0.1) is 0 Å². The van der Waals surface area contributed by atoms with E-state index >= 15 is 0 Å². The van der Waals surface area contributed by atoms with Crippen LogP contribution in [0.4, 0.5) is 13.2 Å². The molecule has 2 N–H and O–H groups in total. The van der Waals surface area contributed by atoms with E-state index in [0.717, 1.165) is 0 Å². The van der Waals surface area contributed by atoms with E-state index in [2.05, 4.69) is 5.32 Å². The van der Waals surface area contributed by atoms with Crippen LogP contribution in [-0.4, -0.2) is 29.7 Å². The van der Waals surface area contributed by atoms with E-state index in [0.29, 0.717) is 5.56 Å². The summed E-state index contributed by atoms with van der Waals surface area (Å²) in [6.45, 7) is 0.0982. The molecule has 0 spiro atoms. The van der Waals surface area contributed by atoms with Crippen molar-refractivity contribution in [3.8, 4) is 0 Å². The number of rotatable bonds is 6. The molecule has 4 nitrogen and oxygen atoms in total. The van der Waals surface area contributed by atoms with Gasteiger partial charge in [-0.15, -0.1) is 0 Å². The summed E-state index contributed by atoms with van der Waals surface area (Å²) in [5.41, 5.74) is 0.646. The minimum Gasteiger partial charge on any atom is -0.478 e.